The maximum absolute atomic E-state index is 10.5. The van der Waals surface area contributed by atoms with Crippen molar-refractivity contribution < 1.29 is 4.92 Å². The highest BCUT2D eigenvalue weighted by molar-refractivity contribution is 7.80. The smallest absolute Gasteiger partial charge is 0.269 e. The third kappa shape index (κ3) is 5.76. The van der Waals surface area contributed by atoms with Crippen LogP contribution in [0.25, 0.3) is 0 Å². The van der Waals surface area contributed by atoms with Crippen LogP contribution in [0.15, 0.2) is 24.3 Å². The molecule has 0 radical (unpaired) electrons. The number of nitrogens with zero attached hydrogens (tertiary/aromatic N) is 1. The zero-order valence-electron chi connectivity index (χ0n) is 10.8. The minimum atomic E-state index is -0.459. The molecular formula is C11H15N5O2S2. The number of anilines is 1. The van der Waals surface area contributed by atoms with Crippen LogP contribution in [0.5, 0.6) is 0 Å². The van der Waals surface area contributed by atoms with E-state index in [2.05, 4.69) is 21.5 Å². The molecule has 0 spiro atoms. The summed E-state index contributed by atoms with van der Waals surface area (Å²) < 4.78 is 0. The van der Waals surface area contributed by atoms with E-state index in [1.807, 2.05) is 6.92 Å². The number of benzene rings is 1. The average molecular weight is 313 g/mol. The van der Waals surface area contributed by atoms with Crippen molar-refractivity contribution in [2.75, 3.05) is 11.9 Å². The normalized spacial score (nSPS) is 9.45. The van der Waals surface area contributed by atoms with Crippen LogP contribution in [-0.4, -0.2) is 21.7 Å². The molecule has 4 N–H and O–H groups in total. The van der Waals surface area contributed by atoms with E-state index in [1.165, 1.54) is 12.1 Å². The van der Waals surface area contributed by atoms with Gasteiger partial charge in [0.05, 0.1) is 4.92 Å². The van der Waals surface area contributed by atoms with Crippen molar-refractivity contribution in [3.8, 4) is 0 Å². The standard InChI is InChI=1S/C11H15N5O2S2/c1-2-7-12-10(19)14-15-11(20)13-8-3-5-9(6-4-8)16(17)18/h3-6H,2,7H2,1H3,(H2,12,14,19)(H2,13,15,20). The fourth-order valence-corrected chi connectivity index (χ4v) is 1.55. The molecule has 1 aromatic rings. The Bertz CT molecular complexity index is 492. The summed E-state index contributed by atoms with van der Waals surface area (Å²) in [6, 6.07) is 5.93. The van der Waals surface area contributed by atoms with Crippen molar-refractivity contribution in [1.82, 2.24) is 16.2 Å². The molecule has 108 valence electrons. The third-order valence-corrected chi connectivity index (χ3v) is 2.61. The molecule has 0 bridgehead atoms. The Labute approximate surface area is 127 Å². The van der Waals surface area contributed by atoms with Crippen molar-refractivity contribution in [1.29, 1.82) is 0 Å². The van der Waals surface area contributed by atoms with Crippen LogP contribution in [0.1, 0.15) is 13.3 Å². The number of nitro groups is 1. The minimum Gasteiger partial charge on any atom is -0.361 e. The summed E-state index contributed by atoms with van der Waals surface area (Å²) in [5.74, 6) is 0. The Morgan fingerprint density at radius 3 is 2.35 bits per heavy atom. The monoisotopic (exact) mass is 313 g/mol. The number of rotatable bonds is 4. The topological polar surface area (TPSA) is 91.3 Å². The van der Waals surface area contributed by atoms with Crippen molar-refractivity contribution in [3.05, 3.63) is 34.4 Å². The summed E-state index contributed by atoms with van der Waals surface area (Å²) in [5.41, 5.74) is 6.10. The van der Waals surface area contributed by atoms with E-state index in [0.29, 0.717) is 15.9 Å². The molecule has 0 aliphatic carbocycles. The minimum absolute atomic E-state index is 0.0255. The molecule has 7 nitrogen and oxygen atoms in total. The molecule has 0 saturated carbocycles. The second-order valence-electron chi connectivity index (χ2n) is 3.76. The number of hydrogen-bond acceptors (Lipinski definition) is 4. The molecule has 0 fully saturated rings. The van der Waals surface area contributed by atoms with E-state index in [9.17, 15) is 10.1 Å². The van der Waals surface area contributed by atoms with Crippen LogP contribution < -0.4 is 21.5 Å². The van der Waals surface area contributed by atoms with Gasteiger partial charge in [0.25, 0.3) is 5.69 Å². The first-order valence-electron chi connectivity index (χ1n) is 5.88. The van der Waals surface area contributed by atoms with Crippen LogP contribution in [0, 0.1) is 10.1 Å². The Morgan fingerprint density at radius 2 is 1.80 bits per heavy atom. The second kappa shape index (κ2) is 8.23. The average Bonchev–Trinajstić information content (AvgIpc) is 2.43. The van der Waals surface area contributed by atoms with Crippen molar-refractivity contribution in [2.45, 2.75) is 13.3 Å². The zero-order valence-corrected chi connectivity index (χ0v) is 12.4. The number of hydrazine groups is 1. The largest absolute Gasteiger partial charge is 0.361 e. The highest BCUT2D eigenvalue weighted by atomic mass is 32.1. The molecule has 0 unspecified atom stereocenters. The van der Waals surface area contributed by atoms with E-state index in [0.717, 1.165) is 13.0 Å². The van der Waals surface area contributed by atoms with Gasteiger partial charge in [-0.05, 0) is 43.0 Å². The molecule has 0 aliphatic rings. The number of nitro benzene ring substituents is 1. The first-order chi connectivity index (χ1) is 9.52. The summed E-state index contributed by atoms with van der Waals surface area (Å²) in [5, 5.41) is 17.1. The fourth-order valence-electron chi connectivity index (χ4n) is 1.23. The van der Waals surface area contributed by atoms with E-state index < -0.39 is 4.92 Å². The van der Waals surface area contributed by atoms with Crippen molar-refractivity contribution in [3.63, 3.8) is 0 Å². The lowest BCUT2D eigenvalue weighted by atomic mass is 10.3. The SMILES string of the molecule is CCCNC(=S)NNC(=S)Nc1ccc([N+](=O)[O-])cc1. The lowest BCUT2D eigenvalue weighted by Crippen LogP contribution is -2.48. The second-order valence-corrected chi connectivity index (χ2v) is 4.58. The quantitative estimate of drug-likeness (QED) is 0.379. The lowest BCUT2D eigenvalue weighted by Gasteiger charge is -2.13. The molecule has 0 amide bonds. The van der Waals surface area contributed by atoms with Gasteiger partial charge in [0.2, 0.25) is 0 Å². The highest BCUT2D eigenvalue weighted by Gasteiger charge is 2.04. The van der Waals surface area contributed by atoms with Gasteiger partial charge in [-0.3, -0.25) is 21.0 Å². The summed E-state index contributed by atoms with van der Waals surface area (Å²) in [7, 11) is 0. The number of thiocarbonyl (C=S) groups is 2. The highest BCUT2D eigenvalue weighted by Crippen LogP contribution is 2.14. The molecule has 1 aromatic carbocycles. The molecule has 9 heteroatoms. The van der Waals surface area contributed by atoms with Gasteiger partial charge in [-0.2, -0.15) is 0 Å². The van der Waals surface area contributed by atoms with Gasteiger partial charge in [-0.15, -0.1) is 0 Å². The number of non-ortho nitro benzene ring substituents is 1. The van der Waals surface area contributed by atoms with Gasteiger partial charge in [0, 0.05) is 24.4 Å². The summed E-state index contributed by atoms with van der Waals surface area (Å²) in [4.78, 5) is 10.1. The van der Waals surface area contributed by atoms with Crippen molar-refractivity contribution >= 4 is 46.0 Å². The molecule has 0 heterocycles. The number of hydrogen-bond donors (Lipinski definition) is 4. The Morgan fingerprint density at radius 1 is 1.20 bits per heavy atom. The van der Waals surface area contributed by atoms with E-state index in [4.69, 9.17) is 24.4 Å². The summed E-state index contributed by atoms with van der Waals surface area (Å²) in [6.07, 6.45) is 0.966. The molecular weight excluding hydrogens is 298 g/mol. The van der Waals surface area contributed by atoms with Crippen LogP contribution >= 0.6 is 24.4 Å². The van der Waals surface area contributed by atoms with E-state index >= 15 is 0 Å². The summed E-state index contributed by atoms with van der Waals surface area (Å²) >= 11 is 10.0. The van der Waals surface area contributed by atoms with E-state index in [1.54, 1.807) is 12.1 Å². The Kier molecular flexibility index (Phi) is 6.60. The molecule has 0 aliphatic heterocycles. The first kappa shape index (κ1) is 16.1. The molecule has 20 heavy (non-hydrogen) atoms. The predicted molar refractivity (Wildman–Crippen MR) is 86.5 cm³/mol. The maximum Gasteiger partial charge on any atom is 0.269 e. The van der Waals surface area contributed by atoms with Gasteiger partial charge < -0.3 is 10.6 Å². The molecule has 0 aromatic heterocycles. The molecule has 0 atom stereocenters. The van der Waals surface area contributed by atoms with Gasteiger partial charge in [-0.25, -0.2) is 0 Å². The van der Waals surface area contributed by atoms with E-state index in [-0.39, 0.29) is 5.69 Å². The first-order valence-corrected chi connectivity index (χ1v) is 6.70. The molecule has 1 rings (SSSR count). The van der Waals surface area contributed by atoms with Crippen LogP contribution in [0.4, 0.5) is 11.4 Å². The molecule has 0 saturated heterocycles. The Hall–Kier alpha value is -2.00. The predicted octanol–water partition coefficient (Wildman–Crippen LogP) is 1.67. The zero-order chi connectivity index (χ0) is 15.0. The number of nitrogens with one attached hydrogen (secondary N) is 4. The van der Waals surface area contributed by atoms with Gasteiger partial charge in [0.15, 0.2) is 10.2 Å². The Balaban J connectivity index is 2.38. The third-order valence-electron chi connectivity index (χ3n) is 2.16. The van der Waals surface area contributed by atoms with Crippen molar-refractivity contribution in [2.24, 2.45) is 0 Å². The van der Waals surface area contributed by atoms with Gasteiger partial charge in [0.1, 0.15) is 0 Å². The summed E-state index contributed by atoms with van der Waals surface area (Å²) in [6.45, 7) is 2.81. The van der Waals surface area contributed by atoms with Crippen LogP contribution in [0.2, 0.25) is 0 Å². The van der Waals surface area contributed by atoms with Crippen LogP contribution in [0.3, 0.4) is 0 Å². The van der Waals surface area contributed by atoms with Gasteiger partial charge in [-0.1, -0.05) is 6.92 Å². The maximum atomic E-state index is 10.5. The van der Waals surface area contributed by atoms with Crippen LogP contribution in [-0.2, 0) is 0 Å². The van der Waals surface area contributed by atoms with Gasteiger partial charge >= 0.3 is 0 Å². The fraction of sp³-hybridized carbons (Fsp3) is 0.273. The lowest BCUT2D eigenvalue weighted by molar-refractivity contribution is -0.384.